The van der Waals surface area contributed by atoms with E-state index in [2.05, 4.69) is 49.3 Å². The molecule has 13 heavy (non-hydrogen) atoms. The fourth-order valence-corrected chi connectivity index (χ4v) is 1.77. The molecule has 0 N–H and O–H groups in total. The van der Waals surface area contributed by atoms with Gasteiger partial charge in [-0.3, -0.25) is 0 Å². The largest absolute Gasteiger partial charge is 0.380 e. The summed E-state index contributed by atoms with van der Waals surface area (Å²) in [6.45, 7) is 3.29. The van der Waals surface area contributed by atoms with E-state index in [1.54, 1.807) is 0 Å². The van der Waals surface area contributed by atoms with Gasteiger partial charge in [-0.2, -0.15) is 0 Å². The van der Waals surface area contributed by atoms with E-state index in [4.69, 9.17) is 0 Å². The zero-order valence-corrected chi connectivity index (χ0v) is 8.25. The van der Waals surface area contributed by atoms with Crippen LogP contribution in [-0.2, 0) is 6.42 Å². The molecule has 1 aliphatic rings. The first-order valence-electron chi connectivity index (χ1n) is 4.74. The molecule has 1 aromatic rings. The van der Waals surface area contributed by atoms with Crippen molar-refractivity contribution in [1.29, 1.82) is 0 Å². The zero-order valence-electron chi connectivity index (χ0n) is 8.25. The smallest absolute Gasteiger partial charge is 0.0209 e. The molecule has 1 aliphatic heterocycles. The quantitative estimate of drug-likeness (QED) is 0.582. The first kappa shape index (κ1) is 8.36. The van der Waals surface area contributed by atoms with Crippen LogP contribution in [0.2, 0.25) is 0 Å². The van der Waals surface area contributed by atoms with Crippen molar-refractivity contribution in [1.82, 2.24) is 4.90 Å². The minimum Gasteiger partial charge on any atom is -0.380 e. The molecule has 1 heteroatoms. The third kappa shape index (κ3) is 1.59. The van der Waals surface area contributed by atoms with Gasteiger partial charge in [0.1, 0.15) is 0 Å². The molecule has 0 aliphatic carbocycles. The molecule has 0 saturated carbocycles. The summed E-state index contributed by atoms with van der Waals surface area (Å²) >= 11 is 0. The van der Waals surface area contributed by atoms with Gasteiger partial charge in [-0.25, -0.2) is 0 Å². The minimum absolute atomic E-state index is 1.12. The zero-order chi connectivity index (χ0) is 9.26. The van der Waals surface area contributed by atoms with Crippen LogP contribution < -0.4 is 0 Å². The Kier molecular flexibility index (Phi) is 2.09. The molecule has 0 saturated heterocycles. The van der Waals surface area contributed by atoms with Crippen LogP contribution in [0.4, 0.5) is 0 Å². The predicted molar refractivity (Wildman–Crippen MR) is 56.5 cm³/mol. The fourth-order valence-electron chi connectivity index (χ4n) is 1.77. The second kappa shape index (κ2) is 3.25. The van der Waals surface area contributed by atoms with E-state index in [-0.39, 0.29) is 0 Å². The molecule has 0 unspecified atom stereocenters. The molecule has 68 valence electrons. The Morgan fingerprint density at radius 2 is 2.15 bits per heavy atom. The van der Waals surface area contributed by atoms with E-state index < -0.39 is 0 Å². The summed E-state index contributed by atoms with van der Waals surface area (Å²) in [6, 6.07) is 6.55. The SMILES string of the molecule is Cc1cccc2c1C=CN(C)CC2. The molecule has 1 aromatic carbocycles. The van der Waals surface area contributed by atoms with Gasteiger partial charge >= 0.3 is 0 Å². The van der Waals surface area contributed by atoms with Crippen molar-refractivity contribution in [3.63, 3.8) is 0 Å². The van der Waals surface area contributed by atoms with Crippen LogP contribution in [0.25, 0.3) is 6.08 Å². The number of likely N-dealkylation sites (N-methyl/N-ethyl adjacent to an activating group) is 1. The monoisotopic (exact) mass is 173 g/mol. The van der Waals surface area contributed by atoms with E-state index in [0.717, 1.165) is 13.0 Å². The maximum Gasteiger partial charge on any atom is 0.0209 e. The van der Waals surface area contributed by atoms with Gasteiger partial charge in [0.15, 0.2) is 0 Å². The topological polar surface area (TPSA) is 3.24 Å². The Morgan fingerprint density at radius 1 is 1.31 bits per heavy atom. The van der Waals surface area contributed by atoms with Crippen molar-refractivity contribution in [2.45, 2.75) is 13.3 Å². The second-order valence-electron chi connectivity index (χ2n) is 3.69. The van der Waals surface area contributed by atoms with E-state index in [0.29, 0.717) is 0 Å². The minimum atomic E-state index is 1.12. The van der Waals surface area contributed by atoms with E-state index in [1.807, 2.05) is 0 Å². The molecule has 0 spiro atoms. The van der Waals surface area contributed by atoms with Crippen molar-refractivity contribution in [3.8, 4) is 0 Å². The number of hydrogen-bond acceptors (Lipinski definition) is 1. The number of fused-ring (bicyclic) bond motifs is 1. The highest BCUT2D eigenvalue weighted by Crippen LogP contribution is 2.19. The first-order valence-corrected chi connectivity index (χ1v) is 4.74. The van der Waals surface area contributed by atoms with Crippen molar-refractivity contribution in [2.75, 3.05) is 13.6 Å². The lowest BCUT2D eigenvalue weighted by molar-refractivity contribution is 0.466. The summed E-state index contributed by atoms with van der Waals surface area (Å²) in [5, 5.41) is 0. The molecule has 1 heterocycles. The lowest BCUT2D eigenvalue weighted by atomic mass is 10.0. The van der Waals surface area contributed by atoms with Crippen LogP contribution in [0.1, 0.15) is 16.7 Å². The van der Waals surface area contributed by atoms with Gasteiger partial charge in [0.2, 0.25) is 0 Å². The summed E-state index contributed by atoms with van der Waals surface area (Å²) in [5.74, 6) is 0. The Bertz CT molecular complexity index is 339. The lowest BCUT2D eigenvalue weighted by Gasteiger charge is -2.10. The Balaban J connectivity index is 2.47. The van der Waals surface area contributed by atoms with Gasteiger partial charge in [0.05, 0.1) is 0 Å². The van der Waals surface area contributed by atoms with E-state index in [1.165, 1.54) is 16.7 Å². The van der Waals surface area contributed by atoms with Crippen LogP contribution in [0.15, 0.2) is 24.4 Å². The summed E-state index contributed by atoms with van der Waals surface area (Å²) < 4.78 is 0. The molecule has 0 aromatic heterocycles. The maximum absolute atomic E-state index is 2.24. The summed E-state index contributed by atoms with van der Waals surface area (Å²) in [6.07, 6.45) is 5.54. The Morgan fingerprint density at radius 3 is 3.00 bits per heavy atom. The normalized spacial score (nSPS) is 15.4. The van der Waals surface area contributed by atoms with Crippen LogP contribution in [0.5, 0.6) is 0 Å². The molecular formula is C12H15N. The number of rotatable bonds is 0. The van der Waals surface area contributed by atoms with Gasteiger partial charge in [-0.05, 0) is 42.3 Å². The fraction of sp³-hybridized carbons (Fsp3) is 0.333. The number of nitrogens with zero attached hydrogens (tertiary/aromatic N) is 1. The van der Waals surface area contributed by atoms with Gasteiger partial charge < -0.3 is 4.90 Å². The summed E-state index contributed by atoms with van der Waals surface area (Å²) in [7, 11) is 2.12. The third-order valence-electron chi connectivity index (χ3n) is 2.64. The van der Waals surface area contributed by atoms with Crippen LogP contribution in [0.3, 0.4) is 0 Å². The highest BCUT2D eigenvalue weighted by molar-refractivity contribution is 5.58. The summed E-state index contributed by atoms with van der Waals surface area (Å²) in [5.41, 5.74) is 4.26. The molecule has 0 amide bonds. The van der Waals surface area contributed by atoms with Crippen LogP contribution in [0, 0.1) is 6.92 Å². The highest BCUT2D eigenvalue weighted by Gasteiger charge is 2.06. The molecule has 0 fully saturated rings. The maximum atomic E-state index is 2.24. The van der Waals surface area contributed by atoms with Gasteiger partial charge in [-0.1, -0.05) is 18.2 Å². The number of hydrogen-bond donors (Lipinski definition) is 0. The van der Waals surface area contributed by atoms with E-state index >= 15 is 0 Å². The molecule has 1 nitrogen and oxygen atoms in total. The third-order valence-corrected chi connectivity index (χ3v) is 2.64. The Hall–Kier alpha value is -1.24. The molecule has 2 rings (SSSR count). The van der Waals surface area contributed by atoms with Gasteiger partial charge in [0, 0.05) is 13.6 Å². The first-order chi connectivity index (χ1) is 6.27. The average Bonchev–Trinajstić information content (AvgIpc) is 2.30. The van der Waals surface area contributed by atoms with Gasteiger partial charge in [-0.15, -0.1) is 0 Å². The molecule has 0 radical (unpaired) electrons. The molecule has 0 bridgehead atoms. The van der Waals surface area contributed by atoms with Gasteiger partial charge in [0.25, 0.3) is 0 Å². The predicted octanol–water partition coefficient (Wildman–Crippen LogP) is 2.45. The number of aryl methyl sites for hydroxylation is 1. The number of benzene rings is 1. The summed E-state index contributed by atoms with van der Waals surface area (Å²) in [4.78, 5) is 2.24. The average molecular weight is 173 g/mol. The van der Waals surface area contributed by atoms with Crippen LogP contribution >= 0.6 is 0 Å². The van der Waals surface area contributed by atoms with Crippen molar-refractivity contribution < 1.29 is 0 Å². The second-order valence-corrected chi connectivity index (χ2v) is 3.69. The van der Waals surface area contributed by atoms with Crippen molar-refractivity contribution >= 4 is 6.08 Å². The van der Waals surface area contributed by atoms with Crippen molar-refractivity contribution in [2.24, 2.45) is 0 Å². The molecule has 0 atom stereocenters. The van der Waals surface area contributed by atoms with E-state index in [9.17, 15) is 0 Å². The molecular weight excluding hydrogens is 158 g/mol. The standard InChI is InChI=1S/C12H15N/c1-10-4-3-5-11-6-8-13(2)9-7-12(10)11/h3-5,7,9H,6,8H2,1-2H3. The Labute approximate surface area is 79.7 Å². The van der Waals surface area contributed by atoms with Crippen LogP contribution in [-0.4, -0.2) is 18.5 Å². The lowest BCUT2D eigenvalue weighted by Crippen LogP contribution is -2.12. The van der Waals surface area contributed by atoms with Crippen molar-refractivity contribution in [3.05, 3.63) is 41.1 Å². The highest BCUT2D eigenvalue weighted by atomic mass is 15.1.